The zero-order valence-corrected chi connectivity index (χ0v) is 18.2. The van der Waals surface area contributed by atoms with Gasteiger partial charge in [0.05, 0.1) is 31.5 Å². The molecule has 2 aromatic carbocycles. The minimum atomic E-state index is -0.143. The van der Waals surface area contributed by atoms with Crippen LogP contribution in [0.25, 0.3) is 0 Å². The lowest BCUT2D eigenvalue weighted by molar-refractivity contribution is -0.125. The Morgan fingerprint density at radius 1 is 1.12 bits per heavy atom. The zero-order valence-electron chi connectivity index (χ0n) is 18.2. The molecule has 1 amide bonds. The Hall–Kier alpha value is -3.61. The van der Waals surface area contributed by atoms with Gasteiger partial charge in [-0.25, -0.2) is 4.68 Å². The Bertz CT molecular complexity index is 1110. The van der Waals surface area contributed by atoms with Crippen LogP contribution in [0.2, 0.25) is 0 Å². The van der Waals surface area contributed by atoms with Crippen LogP contribution in [0.1, 0.15) is 24.0 Å². The quantitative estimate of drug-likeness (QED) is 0.621. The highest BCUT2D eigenvalue weighted by Gasteiger charge is 2.26. The predicted molar refractivity (Wildman–Crippen MR) is 124 cm³/mol. The molecule has 0 saturated carbocycles. The first kappa shape index (κ1) is 21.6. The standard InChI is InChI=1S/C25H28N4O3/c1-32-23-11-5-9-20(13-23)15-26-25(31)21-10-6-12-28(18-21)22-14-24(30)29(27-16-22)17-19-7-3-2-4-8-19/h2-5,7-9,11,13-14,16,21H,6,10,12,15,17-18H2,1H3,(H,26,31)/t21-/m1/s1. The summed E-state index contributed by atoms with van der Waals surface area (Å²) in [4.78, 5) is 27.5. The number of nitrogens with one attached hydrogen (secondary N) is 1. The second-order valence-electron chi connectivity index (χ2n) is 8.05. The molecule has 7 heteroatoms. The van der Waals surface area contributed by atoms with Gasteiger partial charge in [0.25, 0.3) is 5.56 Å². The van der Waals surface area contributed by atoms with Crippen molar-refractivity contribution < 1.29 is 9.53 Å². The molecular formula is C25H28N4O3. The summed E-state index contributed by atoms with van der Waals surface area (Å²) < 4.78 is 6.70. The second kappa shape index (κ2) is 10.1. The van der Waals surface area contributed by atoms with Crippen molar-refractivity contribution in [2.75, 3.05) is 25.1 Å². The highest BCUT2D eigenvalue weighted by Crippen LogP contribution is 2.22. The normalized spacial score (nSPS) is 15.9. The van der Waals surface area contributed by atoms with E-state index in [-0.39, 0.29) is 17.4 Å². The SMILES string of the molecule is COc1cccc(CNC(=O)[C@@H]2CCCN(c3cnn(Cc4ccccc4)c(=O)c3)C2)c1. The molecule has 7 nitrogen and oxygen atoms in total. The maximum absolute atomic E-state index is 12.8. The van der Waals surface area contributed by atoms with Crippen LogP contribution in [0.3, 0.4) is 0 Å². The molecule has 1 saturated heterocycles. The van der Waals surface area contributed by atoms with E-state index in [1.165, 1.54) is 4.68 Å². The van der Waals surface area contributed by atoms with E-state index < -0.39 is 0 Å². The molecule has 0 bridgehead atoms. The van der Waals surface area contributed by atoms with Crippen LogP contribution >= 0.6 is 0 Å². The zero-order chi connectivity index (χ0) is 22.3. The molecule has 1 fully saturated rings. The third-order valence-corrected chi connectivity index (χ3v) is 5.79. The van der Waals surface area contributed by atoms with Gasteiger partial charge in [-0.1, -0.05) is 42.5 Å². The maximum Gasteiger partial charge on any atom is 0.269 e. The molecule has 0 radical (unpaired) electrons. The predicted octanol–water partition coefficient (Wildman–Crippen LogP) is 2.83. The average molecular weight is 433 g/mol. The molecule has 1 aliphatic rings. The number of ether oxygens (including phenoxy) is 1. The van der Waals surface area contributed by atoms with Crippen LogP contribution in [-0.2, 0) is 17.9 Å². The van der Waals surface area contributed by atoms with E-state index >= 15 is 0 Å². The Kier molecular flexibility index (Phi) is 6.84. The number of amides is 1. The van der Waals surface area contributed by atoms with Gasteiger partial charge in [-0.15, -0.1) is 0 Å². The van der Waals surface area contributed by atoms with E-state index in [9.17, 15) is 9.59 Å². The minimum Gasteiger partial charge on any atom is -0.497 e. The highest BCUT2D eigenvalue weighted by atomic mass is 16.5. The fourth-order valence-corrected chi connectivity index (χ4v) is 4.01. The van der Waals surface area contributed by atoms with Gasteiger partial charge in [-0.2, -0.15) is 5.10 Å². The van der Waals surface area contributed by atoms with Crippen molar-refractivity contribution in [1.82, 2.24) is 15.1 Å². The molecule has 32 heavy (non-hydrogen) atoms. The van der Waals surface area contributed by atoms with Crippen LogP contribution in [0.5, 0.6) is 5.75 Å². The second-order valence-corrected chi connectivity index (χ2v) is 8.05. The molecule has 1 N–H and O–H groups in total. The number of hydrogen-bond donors (Lipinski definition) is 1. The smallest absolute Gasteiger partial charge is 0.269 e. The summed E-state index contributed by atoms with van der Waals surface area (Å²) in [5.74, 6) is 0.680. The average Bonchev–Trinajstić information content (AvgIpc) is 2.84. The van der Waals surface area contributed by atoms with E-state index in [4.69, 9.17) is 4.74 Å². The van der Waals surface area contributed by atoms with Crippen LogP contribution < -0.4 is 20.5 Å². The molecule has 4 rings (SSSR count). The Balaban J connectivity index is 1.37. The summed E-state index contributed by atoms with van der Waals surface area (Å²) in [6, 6.07) is 19.1. The lowest BCUT2D eigenvalue weighted by Crippen LogP contribution is -2.43. The number of methoxy groups -OCH3 is 1. The first-order valence-corrected chi connectivity index (χ1v) is 10.9. The third-order valence-electron chi connectivity index (χ3n) is 5.79. The van der Waals surface area contributed by atoms with Crippen LogP contribution in [0.4, 0.5) is 5.69 Å². The maximum atomic E-state index is 12.8. The molecule has 1 atom stereocenters. The van der Waals surface area contributed by atoms with E-state index in [1.807, 2.05) is 54.6 Å². The summed E-state index contributed by atoms with van der Waals surface area (Å²) in [7, 11) is 1.63. The van der Waals surface area contributed by atoms with E-state index in [0.29, 0.717) is 19.6 Å². The Morgan fingerprint density at radius 2 is 1.94 bits per heavy atom. The number of hydrogen-bond acceptors (Lipinski definition) is 5. The van der Waals surface area contributed by atoms with Gasteiger partial charge in [0.15, 0.2) is 0 Å². The van der Waals surface area contributed by atoms with Gasteiger partial charge in [0.1, 0.15) is 5.75 Å². The number of carbonyl (C=O) groups is 1. The molecule has 1 aromatic heterocycles. The summed E-state index contributed by atoms with van der Waals surface area (Å²) in [5.41, 5.74) is 2.65. The molecule has 0 aliphatic carbocycles. The van der Waals surface area contributed by atoms with Crippen molar-refractivity contribution in [3.05, 3.63) is 88.3 Å². The third kappa shape index (κ3) is 5.35. The number of carbonyl (C=O) groups excluding carboxylic acids is 1. The monoisotopic (exact) mass is 432 g/mol. The topological polar surface area (TPSA) is 76.5 Å². The van der Waals surface area contributed by atoms with Crippen molar-refractivity contribution >= 4 is 11.6 Å². The number of rotatable bonds is 7. The Morgan fingerprint density at radius 3 is 2.72 bits per heavy atom. The lowest BCUT2D eigenvalue weighted by Gasteiger charge is -2.33. The van der Waals surface area contributed by atoms with Gasteiger partial charge in [-0.3, -0.25) is 9.59 Å². The fraction of sp³-hybridized carbons (Fsp3) is 0.320. The van der Waals surface area contributed by atoms with Gasteiger partial charge >= 0.3 is 0 Å². The molecule has 2 heterocycles. The van der Waals surface area contributed by atoms with Crippen molar-refractivity contribution in [2.24, 2.45) is 5.92 Å². The lowest BCUT2D eigenvalue weighted by atomic mass is 9.96. The van der Waals surface area contributed by atoms with Crippen molar-refractivity contribution in [3.63, 3.8) is 0 Å². The molecule has 0 unspecified atom stereocenters. The number of nitrogens with zero attached hydrogens (tertiary/aromatic N) is 3. The molecular weight excluding hydrogens is 404 g/mol. The van der Waals surface area contributed by atoms with Crippen molar-refractivity contribution in [3.8, 4) is 5.75 Å². The van der Waals surface area contributed by atoms with Gasteiger partial charge in [0, 0.05) is 25.7 Å². The van der Waals surface area contributed by atoms with Gasteiger partial charge in [0.2, 0.25) is 5.91 Å². The largest absolute Gasteiger partial charge is 0.497 e. The first-order valence-electron chi connectivity index (χ1n) is 10.9. The number of benzene rings is 2. The van der Waals surface area contributed by atoms with Gasteiger partial charge < -0.3 is 15.0 Å². The molecule has 0 spiro atoms. The van der Waals surface area contributed by atoms with E-state index in [1.54, 1.807) is 19.4 Å². The summed E-state index contributed by atoms with van der Waals surface area (Å²) in [5, 5.41) is 7.40. The number of piperidine rings is 1. The van der Waals surface area contributed by atoms with E-state index in [0.717, 1.165) is 42.0 Å². The molecule has 1 aliphatic heterocycles. The number of aromatic nitrogens is 2. The van der Waals surface area contributed by atoms with Crippen molar-refractivity contribution in [2.45, 2.75) is 25.9 Å². The molecule has 166 valence electrons. The van der Waals surface area contributed by atoms with Crippen LogP contribution in [0.15, 0.2) is 71.7 Å². The Labute approximate surface area is 187 Å². The summed E-state index contributed by atoms with van der Waals surface area (Å²) >= 11 is 0. The van der Waals surface area contributed by atoms with E-state index in [2.05, 4.69) is 15.3 Å². The number of anilines is 1. The van der Waals surface area contributed by atoms with Crippen LogP contribution in [-0.4, -0.2) is 35.9 Å². The van der Waals surface area contributed by atoms with Crippen molar-refractivity contribution in [1.29, 1.82) is 0 Å². The summed E-state index contributed by atoms with van der Waals surface area (Å²) in [6.45, 7) is 2.29. The highest BCUT2D eigenvalue weighted by molar-refractivity contribution is 5.79. The summed E-state index contributed by atoms with van der Waals surface area (Å²) in [6.07, 6.45) is 3.45. The van der Waals surface area contributed by atoms with Gasteiger partial charge in [-0.05, 0) is 36.1 Å². The molecule has 3 aromatic rings. The van der Waals surface area contributed by atoms with Crippen LogP contribution in [0, 0.1) is 5.92 Å². The minimum absolute atomic E-state index is 0.0305. The first-order chi connectivity index (χ1) is 15.6. The fourth-order valence-electron chi connectivity index (χ4n) is 4.01.